The molecule has 3 aromatic rings. The lowest BCUT2D eigenvalue weighted by Gasteiger charge is -2.16. The fourth-order valence-corrected chi connectivity index (χ4v) is 4.07. The van der Waals surface area contributed by atoms with Gasteiger partial charge in [-0.1, -0.05) is 29.2 Å². The van der Waals surface area contributed by atoms with Crippen molar-refractivity contribution in [2.75, 3.05) is 5.32 Å². The SMILES string of the molecule is Cc1ccc(NC(=O)Cn2c(=O)c(-c3noc(C)n3)c3n(c2=O)CCCCC3)c(Cl)c1. The Kier molecular flexibility index (Phi) is 5.77. The van der Waals surface area contributed by atoms with E-state index in [1.807, 2.05) is 13.0 Å². The quantitative estimate of drug-likeness (QED) is 0.663. The highest BCUT2D eigenvalue weighted by atomic mass is 35.5. The molecule has 162 valence electrons. The lowest BCUT2D eigenvalue weighted by atomic mass is 10.1. The Morgan fingerprint density at radius 3 is 2.74 bits per heavy atom. The van der Waals surface area contributed by atoms with Crippen LogP contribution in [0.2, 0.25) is 5.02 Å². The van der Waals surface area contributed by atoms with Crippen molar-refractivity contribution in [3.63, 3.8) is 0 Å². The van der Waals surface area contributed by atoms with Gasteiger partial charge >= 0.3 is 5.69 Å². The number of amides is 1. The fourth-order valence-electron chi connectivity index (χ4n) is 3.79. The van der Waals surface area contributed by atoms with E-state index < -0.39 is 23.7 Å². The number of anilines is 1. The van der Waals surface area contributed by atoms with Gasteiger partial charge in [-0.15, -0.1) is 0 Å². The van der Waals surface area contributed by atoms with Gasteiger partial charge in [0.2, 0.25) is 17.6 Å². The van der Waals surface area contributed by atoms with Crippen molar-refractivity contribution in [3.05, 3.63) is 61.2 Å². The van der Waals surface area contributed by atoms with Gasteiger partial charge in [-0.3, -0.25) is 18.7 Å². The lowest BCUT2D eigenvalue weighted by Crippen LogP contribution is -2.44. The highest BCUT2D eigenvalue weighted by Crippen LogP contribution is 2.23. The van der Waals surface area contributed by atoms with Gasteiger partial charge in [-0.05, 0) is 43.9 Å². The number of aryl methyl sites for hydroxylation is 2. The van der Waals surface area contributed by atoms with Crippen molar-refractivity contribution < 1.29 is 9.32 Å². The summed E-state index contributed by atoms with van der Waals surface area (Å²) < 4.78 is 7.54. The van der Waals surface area contributed by atoms with Crippen LogP contribution in [0.3, 0.4) is 0 Å². The van der Waals surface area contributed by atoms with E-state index in [1.54, 1.807) is 23.6 Å². The van der Waals surface area contributed by atoms with Crippen LogP contribution in [0.5, 0.6) is 0 Å². The molecule has 1 aromatic carbocycles. The first kappa shape index (κ1) is 21.0. The molecule has 9 nitrogen and oxygen atoms in total. The Morgan fingerprint density at radius 1 is 1.23 bits per heavy atom. The van der Waals surface area contributed by atoms with E-state index in [9.17, 15) is 14.4 Å². The zero-order valence-corrected chi connectivity index (χ0v) is 18.0. The maximum absolute atomic E-state index is 13.3. The first-order valence-electron chi connectivity index (χ1n) is 10.1. The zero-order chi connectivity index (χ0) is 22.1. The molecule has 1 N–H and O–H groups in total. The Labute approximate surface area is 182 Å². The standard InChI is InChI=1S/C21H22ClN5O4/c1-12-7-8-15(14(22)10-12)24-17(28)11-27-20(29)18(19-23-13(2)31-25-19)16-6-4-3-5-9-26(16)21(27)30/h7-8,10H,3-6,9,11H2,1-2H3,(H,24,28). The minimum absolute atomic E-state index is 0.129. The molecule has 0 unspecified atom stereocenters. The predicted octanol–water partition coefficient (Wildman–Crippen LogP) is 2.70. The van der Waals surface area contributed by atoms with Crippen LogP contribution in [0, 0.1) is 13.8 Å². The molecule has 2 aromatic heterocycles. The average molecular weight is 444 g/mol. The van der Waals surface area contributed by atoms with E-state index in [0.29, 0.717) is 35.3 Å². The number of hydrogen-bond acceptors (Lipinski definition) is 6. The molecule has 0 saturated heterocycles. The smallest absolute Gasteiger partial charge is 0.331 e. The summed E-state index contributed by atoms with van der Waals surface area (Å²) in [5.41, 5.74) is 1.03. The third-order valence-electron chi connectivity index (χ3n) is 5.28. The largest absolute Gasteiger partial charge is 0.339 e. The molecule has 3 heterocycles. The molecular formula is C21H22ClN5O4. The van der Waals surface area contributed by atoms with Crippen LogP contribution in [0.4, 0.5) is 5.69 Å². The Morgan fingerprint density at radius 2 is 2.03 bits per heavy atom. The van der Waals surface area contributed by atoms with E-state index in [-0.39, 0.29) is 11.4 Å². The molecule has 0 fully saturated rings. The maximum Gasteiger partial charge on any atom is 0.331 e. The number of carbonyl (C=O) groups excluding carboxylic acids is 1. The molecule has 0 saturated carbocycles. The Hall–Kier alpha value is -3.20. The van der Waals surface area contributed by atoms with Crippen LogP contribution >= 0.6 is 11.6 Å². The predicted molar refractivity (Wildman–Crippen MR) is 115 cm³/mol. The van der Waals surface area contributed by atoms with Gasteiger partial charge in [0.25, 0.3) is 5.56 Å². The summed E-state index contributed by atoms with van der Waals surface area (Å²) in [5, 5.41) is 6.93. The third kappa shape index (κ3) is 4.18. The maximum atomic E-state index is 13.3. The Balaban J connectivity index is 1.77. The van der Waals surface area contributed by atoms with E-state index >= 15 is 0 Å². The second-order valence-corrected chi connectivity index (χ2v) is 8.03. The molecule has 0 bridgehead atoms. The van der Waals surface area contributed by atoms with Crippen LogP contribution in [0.1, 0.15) is 36.4 Å². The average Bonchev–Trinajstić information content (AvgIpc) is 2.99. The molecule has 0 atom stereocenters. The number of nitrogens with one attached hydrogen (secondary N) is 1. The lowest BCUT2D eigenvalue weighted by molar-refractivity contribution is -0.116. The second kappa shape index (κ2) is 8.50. The zero-order valence-electron chi connectivity index (χ0n) is 17.3. The summed E-state index contributed by atoms with van der Waals surface area (Å²) in [7, 11) is 0. The van der Waals surface area contributed by atoms with E-state index in [1.165, 1.54) is 0 Å². The molecule has 4 rings (SSSR count). The van der Waals surface area contributed by atoms with Crippen LogP contribution in [-0.2, 0) is 24.3 Å². The molecule has 31 heavy (non-hydrogen) atoms. The first-order valence-corrected chi connectivity index (χ1v) is 10.5. The Bertz CT molecular complexity index is 1270. The molecule has 10 heteroatoms. The number of halogens is 1. The van der Waals surface area contributed by atoms with Crippen molar-refractivity contribution in [1.82, 2.24) is 19.3 Å². The van der Waals surface area contributed by atoms with Gasteiger partial charge in [-0.25, -0.2) is 4.79 Å². The van der Waals surface area contributed by atoms with Crippen LogP contribution in [0.25, 0.3) is 11.4 Å². The minimum Gasteiger partial charge on any atom is -0.339 e. The summed E-state index contributed by atoms with van der Waals surface area (Å²) >= 11 is 6.18. The van der Waals surface area contributed by atoms with Gasteiger partial charge in [0.05, 0.1) is 10.7 Å². The molecular weight excluding hydrogens is 422 g/mol. The topological polar surface area (TPSA) is 112 Å². The van der Waals surface area contributed by atoms with Gasteiger partial charge in [-0.2, -0.15) is 4.98 Å². The van der Waals surface area contributed by atoms with Crippen molar-refractivity contribution in [1.29, 1.82) is 0 Å². The van der Waals surface area contributed by atoms with Crippen molar-refractivity contribution in [3.8, 4) is 11.4 Å². The third-order valence-corrected chi connectivity index (χ3v) is 5.59. The number of benzene rings is 1. The number of fused-ring (bicyclic) bond motifs is 1. The summed E-state index contributed by atoms with van der Waals surface area (Å²) in [4.78, 5) is 43.3. The fraction of sp³-hybridized carbons (Fsp3) is 0.381. The number of nitrogens with zero attached hydrogens (tertiary/aromatic N) is 4. The summed E-state index contributed by atoms with van der Waals surface area (Å²) in [6, 6.07) is 5.20. The monoisotopic (exact) mass is 443 g/mol. The molecule has 1 amide bonds. The summed E-state index contributed by atoms with van der Waals surface area (Å²) in [6.45, 7) is 3.52. The van der Waals surface area contributed by atoms with Crippen molar-refractivity contribution in [2.45, 2.75) is 52.6 Å². The molecule has 1 aliphatic rings. The van der Waals surface area contributed by atoms with Gasteiger partial charge < -0.3 is 9.84 Å². The first-order chi connectivity index (χ1) is 14.8. The minimum atomic E-state index is -0.607. The number of rotatable bonds is 4. The molecule has 1 aliphatic heterocycles. The van der Waals surface area contributed by atoms with Crippen molar-refractivity contribution in [2.24, 2.45) is 0 Å². The summed E-state index contributed by atoms with van der Waals surface area (Å²) in [5.74, 6) is -0.0930. The van der Waals surface area contributed by atoms with Gasteiger partial charge in [0.15, 0.2) is 0 Å². The number of aromatic nitrogens is 4. The molecule has 0 spiro atoms. The van der Waals surface area contributed by atoms with E-state index in [4.69, 9.17) is 16.1 Å². The highest BCUT2D eigenvalue weighted by molar-refractivity contribution is 6.33. The van der Waals surface area contributed by atoms with Crippen LogP contribution in [-0.4, -0.2) is 25.2 Å². The summed E-state index contributed by atoms with van der Waals surface area (Å²) in [6.07, 6.45) is 3.14. The van der Waals surface area contributed by atoms with E-state index in [2.05, 4.69) is 15.5 Å². The van der Waals surface area contributed by atoms with E-state index in [0.717, 1.165) is 29.4 Å². The van der Waals surface area contributed by atoms with Gasteiger partial charge in [0.1, 0.15) is 12.1 Å². The second-order valence-electron chi connectivity index (χ2n) is 7.63. The highest BCUT2D eigenvalue weighted by Gasteiger charge is 2.25. The molecule has 0 aliphatic carbocycles. The van der Waals surface area contributed by atoms with Crippen LogP contribution < -0.4 is 16.6 Å². The van der Waals surface area contributed by atoms with Gasteiger partial charge in [0, 0.05) is 19.2 Å². The molecule has 0 radical (unpaired) electrons. The van der Waals surface area contributed by atoms with Crippen molar-refractivity contribution >= 4 is 23.2 Å². The normalized spacial score (nSPS) is 13.5. The number of hydrogen-bond donors (Lipinski definition) is 1. The number of carbonyl (C=O) groups is 1. The van der Waals surface area contributed by atoms with Crippen LogP contribution in [0.15, 0.2) is 32.3 Å².